The monoisotopic (exact) mass is 373 g/mol. The molecule has 0 aliphatic carbocycles. The van der Waals surface area contributed by atoms with E-state index in [1.807, 2.05) is 66.7 Å². The summed E-state index contributed by atoms with van der Waals surface area (Å²) in [6, 6.07) is 25.8. The number of aromatic nitrogens is 2. The van der Waals surface area contributed by atoms with Crippen LogP contribution in [-0.4, -0.2) is 17.3 Å². The second-order valence-electron chi connectivity index (χ2n) is 6.03. The Labute approximate surface area is 162 Å². The highest BCUT2D eigenvalue weighted by Crippen LogP contribution is 2.23. The van der Waals surface area contributed by atoms with Gasteiger partial charge in [0.2, 0.25) is 0 Å². The third kappa shape index (κ3) is 4.29. The Morgan fingerprint density at radius 1 is 0.786 bits per heavy atom. The Morgan fingerprint density at radius 3 is 2.18 bits per heavy atom. The first-order valence-corrected chi connectivity index (χ1v) is 8.82. The van der Waals surface area contributed by atoms with Crippen LogP contribution >= 0.6 is 0 Å². The molecule has 0 bridgehead atoms. The Kier molecular flexibility index (Phi) is 5.20. The van der Waals surface area contributed by atoms with E-state index in [4.69, 9.17) is 13.9 Å². The van der Waals surface area contributed by atoms with Crippen LogP contribution in [0.25, 0.3) is 11.1 Å². The molecule has 0 aliphatic heterocycles. The van der Waals surface area contributed by atoms with E-state index in [0.717, 1.165) is 22.7 Å². The molecule has 28 heavy (non-hydrogen) atoms. The predicted molar refractivity (Wildman–Crippen MR) is 107 cm³/mol. The fourth-order valence-corrected chi connectivity index (χ4v) is 2.68. The van der Waals surface area contributed by atoms with Crippen molar-refractivity contribution in [3.05, 3.63) is 84.8 Å². The van der Waals surface area contributed by atoms with Crippen molar-refractivity contribution in [1.29, 1.82) is 0 Å². The lowest BCUT2D eigenvalue weighted by Gasteiger charge is -2.05. The lowest BCUT2D eigenvalue weighted by Crippen LogP contribution is -1.95. The third-order valence-electron chi connectivity index (χ3n) is 4.13. The highest BCUT2D eigenvalue weighted by atomic mass is 16.5. The molecule has 6 nitrogen and oxygen atoms in total. The molecule has 0 saturated carbocycles. The number of methoxy groups -OCH3 is 1. The Bertz CT molecular complexity index is 1010. The third-order valence-corrected chi connectivity index (χ3v) is 4.13. The van der Waals surface area contributed by atoms with Gasteiger partial charge in [0.1, 0.15) is 11.5 Å². The quantitative estimate of drug-likeness (QED) is 0.488. The molecule has 0 aliphatic rings. The summed E-state index contributed by atoms with van der Waals surface area (Å²) >= 11 is 0. The lowest BCUT2D eigenvalue weighted by atomic mass is 10.1. The van der Waals surface area contributed by atoms with Crippen LogP contribution in [0.3, 0.4) is 0 Å². The summed E-state index contributed by atoms with van der Waals surface area (Å²) in [4.78, 5) is 0. The number of benzene rings is 3. The van der Waals surface area contributed by atoms with E-state index >= 15 is 0 Å². The number of nitrogens with zero attached hydrogens (tertiary/aromatic N) is 2. The molecule has 0 fully saturated rings. The van der Waals surface area contributed by atoms with E-state index in [1.54, 1.807) is 7.11 Å². The summed E-state index contributed by atoms with van der Waals surface area (Å²) in [5.74, 6) is 1.91. The van der Waals surface area contributed by atoms with E-state index in [-0.39, 0.29) is 6.61 Å². The summed E-state index contributed by atoms with van der Waals surface area (Å²) < 4.78 is 16.4. The minimum absolute atomic E-state index is 0.196. The van der Waals surface area contributed by atoms with Crippen molar-refractivity contribution in [2.75, 3.05) is 12.4 Å². The molecule has 1 aromatic heterocycles. The van der Waals surface area contributed by atoms with E-state index in [1.165, 1.54) is 5.56 Å². The largest absolute Gasteiger partial charge is 0.497 e. The van der Waals surface area contributed by atoms with Gasteiger partial charge >= 0.3 is 6.01 Å². The maximum Gasteiger partial charge on any atom is 0.320 e. The smallest absolute Gasteiger partial charge is 0.320 e. The maximum absolute atomic E-state index is 5.74. The van der Waals surface area contributed by atoms with Gasteiger partial charge in [-0.05, 0) is 47.5 Å². The topological polar surface area (TPSA) is 69.4 Å². The minimum atomic E-state index is 0.196. The highest BCUT2D eigenvalue weighted by molar-refractivity contribution is 5.63. The summed E-state index contributed by atoms with van der Waals surface area (Å²) in [5, 5.41) is 11.0. The van der Waals surface area contributed by atoms with Crippen molar-refractivity contribution in [2.24, 2.45) is 0 Å². The molecule has 0 spiro atoms. The predicted octanol–water partition coefficient (Wildman–Crippen LogP) is 5.07. The molecule has 0 atom stereocenters. The molecular formula is C22H19N3O3. The second kappa shape index (κ2) is 8.26. The van der Waals surface area contributed by atoms with Crippen molar-refractivity contribution in [3.8, 4) is 22.6 Å². The molecule has 4 aromatic rings. The number of rotatable bonds is 7. The first-order valence-electron chi connectivity index (χ1n) is 8.82. The molecule has 3 aromatic carbocycles. The molecule has 0 unspecified atom stereocenters. The Balaban J connectivity index is 1.34. The van der Waals surface area contributed by atoms with Crippen LogP contribution in [0.5, 0.6) is 11.5 Å². The van der Waals surface area contributed by atoms with Gasteiger partial charge in [-0.2, -0.15) is 0 Å². The zero-order chi connectivity index (χ0) is 19.2. The molecule has 4 rings (SSSR count). The SMILES string of the molecule is COc1ccc(Nc2nnc(COc3ccc(-c4ccccc4)cc3)o2)cc1. The molecule has 1 heterocycles. The van der Waals surface area contributed by atoms with Gasteiger partial charge in [-0.1, -0.05) is 47.6 Å². The fourth-order valence-electron chi connectivity index (χ4n) is 2.68. The van der Waals surface area contributed by atoms with Gasteiger partial charge in [0.15, 0.2) is 6.61 Å². The van der Waals surface area contributed by atoms with Crippen LogP contribution in [0.1, 0.15) is 5.89 Å². The molecule has 0 amide bonds. The van der Waals surface area contributed by atoms with Crippen LogP contribution < -0.4 is 14.8 Å². The van der Waals surface area contributed by atoms with Gasteiger partial charge in [-0.25, -0.2) is 0 Å². The molecular weight excluding hydrogens is 354 g/mol. The van der Waals surface area contributed by atoms with E-state index < -0.39 is 0 Å². The molecule has 1 N–H and O–H groups in total. The van der Waals surface area contributed by atoms with Crippen molar-refractivity contribution < 1.29 is 13.9 Å². The normalized spacial score (nSPS) is 10.5. The molecule has 0 radical (unpaired) electrons. The van der Waals surface area contributed by atoms with Gasteiger partial charge in [0.25, 0.3) is 5.89 Å². The number of anilines is 2. The Hall–Kier alpha value is -3.80. The van der Waals surface area contributed by atoms with Gasteiger partial charge in [-0.15, -0.1) is 5.10 Å². The maximum atomic E-state index is 5.74. The number of hydrogen-bond donors (Lipinski definition) is 1. The number of hydrogen-bond acceptors (Lipinski definition) is 6. The summed E-state index contributed by atoms with van der Waals surface area (Å²) in [6.07, 6.45) is 0. The highest BCUT2D eigenvalue weighted by Gasteiger charge is 2.08. The molecule has 140 valence electrons. The molecule has 6 heteroatoms. The van der Waals surface area contributed by atoms with Crippen molar-refractivity contribution in [3.63, 3.8) is 0 Å². The van der Waals surface area contributed by atoms with Crippen LogP contribution in [0.4, 0.5) is 11.7 Å². The average molecular weight is 373 g/mol. The molecule has 0 saturated heterocycles. The summed E-state index contributed by atoms with van der Waals surface area (Å²) in [7, 11) is 1.63. The standard InChI is InChI=1S/C22H19N3O3/c1-26-19-13-9-18(10-14-19)23-22-25-24-21(28-22)15-27-20-11-7-17(8-12-20)16-5-3-2-4-6-16/h2-14H,15H2,1H3,(H,23,25). The zero-order valence-corrected chi connectivity index (χ0v) is 15.3. The average Bonchev–Trinajstić information content (AvgIpc) is 3.21. The van der Waals surface area contributed by atoms with E-state index in [0.29, 0.717) is 11.9 Å². The fraction of sp³-hybridized carbons (Fsp3) is 0.0909. The Morgan fingerprint density at radius 2 is 1.46 bits per heavy atom. The minimum Gasteiger partial charge on any atom is -0.497 e. The van der Waals surface area contributed by atoms with Crippen molar-refractivity contribution in [2.45, 2.75) is 6.61 Å². The van der Waals surface area contributed by atoms with Crippen LogP contribution in [0, 0.1) is 0 Å². The summed E-state index contributed by atoms with van der Waals surface area (Å²) in [6.45, 7) is 0.196. The lowest BCUT2D eigenvalue weighted by molar-refractivity contribution is 0.265. The van der Waals surface area contributed by atoms with E-state index in [9.17, 15) is 0 Å². The van der Waals surface area contributed by atoms with Crippen LogP contribution in [0.2, 0.25) is 0 Å². The summed E-state index contributed by atoms with van der Waals surface area (Å²) in [5.41, 5.74) is 3.13. The van der Waals surface area contributed by atoms with Gasteiger partial charge in [0.05, 0.1) is 7.11 Å². The van der Waals surface area contributed by atoms with Crippen LogP contribution in [-0.2, 0) is 6.61 Å². The van der Waals surface area contributed by atoms with Gasteiger partial charge in [0, 0.05) is 5.69 Å². The number of ether oxygens (including phenoxy) is 2. The number of nitrogens with one attached hydrogen (secondary N) is 1. The van der Waals surface area contributed by atoms with E-state index in [2.05, 4.69) is 27.6 Å². The van der Waals surface area contributed by atoms with Gasteiger partial charge in [-0.3, -0.25) is 0 Å². The van der Waals surface area contributed by atoms with Crippen LogP contribution in [0.15, 0.2) is 83.3 Å². The van der Waals surface area contributed by atoms with Crippen molar-refractivity contribution in [1.82, 2.24) is 10.2 Å². The zero-order valence-electron chi connectivity index (χ0n) is 15.3. The first-order chi connectivity index (χ1) is 13.8. The van der Waals surface area contributed by atoms with Crippen molar-refractivity contribution >= 4 is 11.7 Å². The first kappa shape index (κ1) is 17.6. The second-order valence-corrected chi connectivity index (χ2v) is 6.03. The van der Waals surface area contributed by atoms with Gasteiger partial charge < -0.3 is 19.2 Å².